The molecule has 57 heavy (non-hydrogen) atoms. The van der Waals surface area contributed by atoms with Crippen molar-refractivity contribution in [3.63, 3.8) is 0 Å². The molecule has 0 saturated heterocycles. The van der Waals surface area contributed by atoms with Crippen LogP contribution in [-0.2, 0) is 0 Å². The average molecular weight is 731 g/mol. The van der Waals surface area contributed by atoms with Crippen LogP contribution in [0.4, 0.5) is 0 Å². The third kappa shape index (κ3) is 5.01. The lowest BCUT2D eigenvalue weighted by Gasteiger charge is -2.12. The lowest BCUT2D eigenvalue weighted by atomic mass is 9.99. The number of nitrogens with zero attached hydrogens (tertiary/aromatic N) is 4. The molecule has 0 atom stereocenters. The Morgan fingerprint density at radius 3 is 1.51 bits per heavy atom. The van der Waals surface area contributed by atoms with Gasteiger partial charge >= 0.3 is 0 Å². The fraction of sp³-hybridized carbons (Fsp3) is 0. The third-order valence-electron chi connectivity index (χ3n) is 11.1. The van der Waals surface area contributed by atoms with Crippen molar-refractivity contribution in [2.24, 2.45) is 0 Å². The maximum atomic E-state index is 6.57. The Bertz CT molecular complexity index is 3470. The molecule has 8 aromatic carbocycles. The van der Waals surface area contributed by atoms with Gasteiger partial charge in [-0.1, -0.05) is 127 Å². The number of furan rings is 2. The first-order chi connectivity index (χ1) is 28.2. The van der Waals surface area contributed by atoms with Gasteiger partial charge in [-0.2, -0.15) is 0 Å². The van der Waals surface area contributed by atoms with E-state index in [2.05, 4.69) is 114 Å². The Labute approximate surface area is 325 Å². The number of fused-ring (bicyclic) bond motifs is 9. The molecule has 0 amide bonds. The van der Waals surface area contributed by atoms with Gasteiger partial charge in [0.25, 0.3) is 0 Å². The fourth-order valence-electron chi connectivity index (χ4n) is 8.40. The zero-order valence-electron chi connectivity index (χ0n) is 30.4. The first-order valence-corrected chi connectivity index (χ1v) is 19.0. The normalized spacial score (nSPS) is 11.9. The Balaban J connectivity index is 0.978. The maximum absolute atomic E-state index is 6.57. The van der Waals surface area contributed by atoms with Crippen LogP contribution >= 0.6 is 0 Å². The molecule has 266 valence electrons. The summed E-state index contributed by atoms with van der Waals surface area (Å²) < 4.78 is 15.4. The molecule has 6 nitrogen and oxygen atoms in total. The number of hydrogen-bond donors (Lipinski definition) is 0. The van der Waals surface area contributed by atoms with Crippen LogP contribution in [0.2, 0.25) is 0 Å². The zero-order chi connectivity index (χ0) is 37.5. The summed E-state index contributed by atoms with van der Waals surface area (Å²) in [5, 5.41) is 6.60. The highest BCUT2D eigenvalue weighted by Gasteiger charge is 2.19. The minimum Gasteiger partial charge on any atom is -0.456 e. The average Bonchev–Trinajstić information content (AvgIpc) is 3.94. The van der Waals surface area contributed by atoms with Crippen molar-refractivity contribution in [2.45, 2.75) is 0 Å². The molecule has 6 heteroatoms. The van der Waals surface area contributed by atoms with Gasteiger partial charge in [-0.25, -0.2) is 15.0 Å². The predicted octanol–water partition coefficient (Wildman–Crippen LogP) is 13.4. The second-order valence-corrected chi connectivity index (χ2v) is 14.4. The lowest BCUT2D eigenvalue weighted by molar-refractivity contribution is 0.656. The summed E-state index contributed by atoms with van der Waals surface area (Å²) in [6.07, 6.45) is 0. The second-order valence-electron chi connectivity index (χ2n) is 14.4. The van der Waals surface area contributed by atoms with Crippen LogP contribution in [0.1, 0.15) is 0 Å². The van der Waals surface area contributed by atoms with Gasteiger partial charge < -0.3 is 13.4 Å². The van der Waals surface area contributed by atoms with E-state index in [4.69, 9.17) is 23.8 Å². The van der Waals surface area contributed by atoms with Crippen LogP contribution in [0, 0.1) is 0 Å². The van der Waals surface area contributed by atoms with Crippen molar-refractivity contribution >= 4 is 65.7 Å². The molecule has 4 heterocycles. The van der Waals surface area contributed by atoms with Crippen molar-refractivity contribution in [3.05, 3.63) is 182 Å². The second kappa shape index (κ2) is 12.3. The van der Waals surface area contributed by atoms with E-state index in [0.717, 1.165) is 77.4 Å². The van der Waals surface area contributed by atoms with Gasteiger partial charge in [-0.15, -0.1) is 0 Å². The quantitative estimate of drug-likeness (QED) is 0.176. The molecular weight excluding hydrogens is 701 g/mol. The maximum Gasteiger partial charge on any atom is 0.164 e. The summed E-state index contributed by atoms with van der Waals surface area (Å²) in [6.45, 7) is 0. The number of rotatable bonds is 5. The highest BCUT2D eigenvalue weighted by Crippen LogP contribution is 2.40. The molecule has 0 fully saturated rings. The molecule has 12 aromatic rings. The van der Waals surface area contributed by atoms with E-state index in [-0.39, 0.29) is 0 Å². The van der Waals surface area contributed by atoms with Gasteiger partial charge in [0.1, 0.15) is 22.3 Å². The van der Waals surface area contributed by atoms with Gasteiger partial charge in [0.05, 0.1) is 11.0 Å². The highest BCUT2D eigenvalue weighted by molar-refractivity contribution is 6.16. The van der Waals surface area contributed by atoms with Gasteiger partial charge in [0.15, 0.2) is 17.5 Å². The Morgan fingerprint density at radius 1 is 0.316 bits per heavy atom. The van der Waals surface area contributed by atoms with Crippen LogP contribution in [0.15, 0.2) is 191 Å². The lowest BCUT2D eigenvalue weighted by Crippen LogP contribution is -2.01. The fourth-order valence-corrected chi connectivity index (χ4v) is 8.40. The van der Waals surface area contributed by atoms with Gasteiger partial charge in [-0.3, -0.25) is 0 Å². The molecule has 0 aliphatic heterocycles. The molecule has 0 bridgehead atoms. The highest BCUT2D eigenvalue weighted by atomic mass is 16.3. The molecule has 12 rings (SSSR count). The SMILES string of the molecule is c1ccc(-c2nc(-c3ccc4c(c3)oc3cc5oc6cc(-n7c8ccccc8c8ccccc87)ccc6c5cc34)nc(-c3ccccc3-c3ccccc3)n2)cc1. The van der Waals surface area contributed by atoms with Crippen LogP contribution in [-0.4, -0.2) is 19.5 Å². The van der Waals surface area contributed by atoms with E-state index < -0.39 is 0 Å². The summed E-state index contributed by atoms with van der Waals surface area (Å²) in [5.74, 6) is 1.79. The van der Waals surface area contributed by atoms with Crippen LogP contribution in [0.5, 0.6) is 0 Å². The third-order valence-corrected chi connectivity index (χ3v) is 11.1. The first-order valence-electron chi connectivity index (χ1n) is 19.0. The standard InChI is InChI=1S/C51H30N4O2/c1-3-13-31(14-4-1)35-17-7-8-20-40(35)51-53-49(32-15-5-2-6-16-32)52-50(54-51)33-23-25-38-41-29-42-39-26-24-34(28-46(39)57-48(42)30-47(41)56-45(38)27-33)55-43-21-11-9-18-36(43)37-19-10-12-22-44(37)55/h1-30H. The summed E-state index contributed by atoms with van der Waals surface area (Å²) in [5.41, 5.74) is 11.4. The number of hydrogen-bond acceptors (Lipinski definition) is 5. The van der Waals surface area contributed by atoms with Crippen LogP contribution in [0.3, 0.4) is 0 Å². The molecule has 0 saturated carbocycles. The van der Waals surface area contributed by atoms with E-state index in [0.29, 0.717) is 17.5 Å². The molecule has 0 spiro atoms. The molecule has 0 aliphatic rings. The van der Waals surface area contributed by atoms with E-state index in [1.807, 2.05) is 72.8 Å². The van der Waals surface area contributed by atoms with Crippen molar-refractivity contribution in [2.75, 3.05) is 0 Å². The van der Waals surface area contributed by atoms with Crippen LogP contribution < -0.4 is 0 Å². The monoisotopic (exact) mass is 730 g/mol. The summed E-state index contributed by atoms with van der Waals surface area (Å²) in [6, 6.07) is 62.7. The zero-order valence-corrected chi connectivity index (χ0v) is 30.4. The number of para-hydroxylation sites is 2. The van der Waals surface area contributed by atoms with Crippen molar-refractivity contribution in [3.8, 4) is 51.0 Å². The minimum absolute atomic E-state index is 0.572. The van der Waals surface area contributed by atoms with Crippen molar-refractivity contribution in [1.82, 2.24) is 19.5 Å². The Morgan fingerprint density at radius 2 is 0.825 bits per heavy atom. The van der Waals surface area contributed by atoms with Crippen molar-refractivity contribution < 1.29 is 8.83 Å². The van der Waals surface area contributed by atoms with Gasteiger partial charge in [0, 0.05) is 66.8 Å². The molecular formula is C51H30N4O2. The van der Waals surface area contributed by atoms with E-state index in [1.165, 1.54) is 21.8 Å². The summed E-state index contributed by atoms with van der Waals surface area (Å²) in [7, 11) is 0. The van der Waals surface area contributed by atoms with Gasteiger partial charge in [-0.05, 0) is 53.6 Å². The number of aromatic nitrogens is 4. The first kappa shape index (κ1) is 31.5. The molecule has 4 aromatic heterocycles. The van der Waals surface area contributed by atoms with E-state index in [1.54, 1.807) is 0 Å². The van der Waals surface area contributed by atoms with Crippen LogP contribution in [0.25, 0.3) is 117 Å². The molecule has 0 N–H and O–H groups in total. The molecule has 0 aliphatic carbocycles. The summed E-state index contributed by atoms with van der Waals surface area (Å²) in [4.78, 5) is 15.1. The molecule has 0 unspecified atom stereocenters. The topological polar surface area (TPSA) is 69.9 Å². The smallest absolute Gasteiger partial charge is 0.164 e. The largest absolute Gasteiger partial charge is 0.456 e. The van der Waals surface area contributed by atoms with Crippen molar-refractivity contribution in [1.29, 1.82) is 0 Å². The number of benzene rings is 8. The van der Waals surface area contributed by atoms with E-state index in [9.17, 15) is 0 Å². The van der Waals surface area contributed by atoms with Gasteiger partial charge in [0.2, 0.25) is 0 Å². The predicted molar refractivity (Wildman–Crippen MR) is 230 cm³/mol. The minimum atomic E-state index is 0.572. The van der Waals surface area contributed by atoms with E-state index >= 15 is 0 Å². The molecule has 0 radical (unpaired) electrons. The Hall–Kier alpha value is -7.83. The Kier molecular flexibility index (Phi) is 6.83. The summed E-state index contributed by atoms with van der Waals surface area (Å²) >= 11 is 0.